The van der Waals surface area contributed by atoms with E-state index in [1.165, 1.54) is 4.68 Å². The molecule has 0 aliphatic heterocycles. The van der Waals surface area contributed by atoms with Crippen molar-refractivity contribution in [3.63, 3.8) is 0 Å². The summed E-state index contributed by atoms with van der Waals surface area (Å²) in [7, 11) is -1.16. The van der Waals surface area contributed by atoms with Gasteiger partial charge >= 0.3 is 6.09 Å². The van der Waals surface area contributed by atoms with E-state index < -0.39 is 19.8 Å². The molecular formula is C16H27BrN4O3Si. The maximum atomic E-state index is 11.7. The Morgan fingerprint density at radius 1 is 1.40 bits per heavy atom. The maximum absolute atomic E-state index is 11.7. The highest BCUT2D eigenvalue weighted by molar-refractivity contribution is 9.10. The summed E-state index contributed by atoms with van der Waals surface area (Å²) in [6.07, 6.45) is -0.529. The standard InChI is InChI=1S/C16H27BrN4O3Si/c1-16(2,3)24-15(22)19-10-12-14(17)13(9-18)21(20-12)11-23-7-8-25(4,5)6/h7-8,10-11H2,1-6H3,(H,19,22). The van der Waals surface area contributed by atoms with Crippen LogP contribution in [-0.4, -0.2) is 36.2 Å². The van der Waals surface area contributed by atoms with E-state index >= 15 is 0 Å². The van der Waals surface area contributed by atoms with Crippen LogP contribution in [0, 0.1) is 11.3 Å². The van der Waals surface area contributed by atoms with Crippen LogP contribution < -0.4 is 5.32 Å². The van der Waals surface area contributed by atoms with Crippen molar-refractivity contribution in [2.45, 2.75) is 65.3 Å². The van der Waals surface area contributed by atoms with Gasteiger partial charge in [-0.2, -0.15) is 10.4 Å². The van der Waals surface area contributed by atoms with Crippen molar-refractivity contribution in [1.82, 2.24) is 15.1 Å². The lowest BCUT2D eigenvalue weighted by Gasteiger charge is -2.19. The Bertz CT molecular complexity index is 642. The molecule has 0 spiro atoms. The number of nitriles is 1. The fourth-order valence-corrected chi connectivity index (χ4v) is 3.07. The quantitative estimate of drug-likeness (QED) is 0.523. The van der Waals surface area contributed by atoms with Crippen molar-refractivity contribution in [3.05, 3.63) is 15.9 Å². The van der Waals surface area contributed by atoms with Crippen molar-refractivity contribution in [1.29, 1.82) is 5.26 Å². The number of hydrogen-bond acceptors (Lipinski definition) is 5. The monoisotopic (exact) mass is 430 g/mol. The Morgan fingerprint density at radius 3 is 2.56 bits per heavy atom. The summed E-state index contributed by atoms with van der Waals surface area (Å²) < 4.78 is 12.9. The highest BCUT2D eigenvalue weighted by Crippen LogP contribution is 2.21. The second kappa shape index (κ2) is 8.83. The number of aromatic nitrogens is 2. The van der Waals surface area contributed by atoms with Gasteiger partial charge in [0, 0.05) is 14.7 Å². The summed E-state index contributed by atoms with van der Waals surface area (Å²) in [5.74, 6) is 0. The molecule has 0 bridgehead atoms. The predicted octanol–water partition coefficient (Wildman–Crippen LogP) is 3.85. The molecule has 0 aliphatic rings. The summed E-state index contributed by atoms with van der Waals surface area (Å²) in [5, 5.41) is 16.3. The number of nitrogens with one attached hydrogen (secondary N) is 1. The third-order valence-electron chi connectivity index (χ3n) is 3.08. The van der Waals surface area contributed by atoms with E-state index in [4.69, 9.17) is 9.47 Å². The van der Waals surface area contributed by atoms with Gasteiger partial charge in [-0.1, -0.05) is 19.6 Å². The minimum absolute atomic E-state index is 0.159. The topological polar surface area (TPSA) is 89.2 Å². The van der Waals surface area contributed by atoms with E-state index in [0.29, 0.717) is 22.5 Å². The van der Waals surface area contributed by atoms with Crippen molar-refractivity contribution >= 4 is 30.1 Å². The van der Waals surface area contributed by atoms with Crippen molar-refractivity contribution in [2.24, 2.45) is 0 Å². The highest BCUT2D eigenvalue weighted by Gasteiger charge is 2.19. The zero-order chi connectivity index (χ0) is 19.3. The SMILES string of the molecule is CC(C)(C)OC(=O)NCc1nn(COCC[Si](C)(C)C)c(C#N)c1Br. The van der Waals surface area contributed by atoms with Gasteiger partial charge in [-0.3, -0.25) is 0 Å². The molecule has 140 valence electrons. The molecule has 0 aliphatic carbocycles. The molecule has 1 aromatic heterocycles. The number of nitrogens with zero attached hydrogens (tertiary/aromatic N) is 3. The molecule has 1 heterocycles. The molecule has 0 radical (unpaired) electrons. The van der Waals surface area contributed by atoms with Gasteiger partial charge in [0.15, 0.2) is 5.69 Å². The Kier molecular flexibility index (Phi) is 7.65. The van der Waals surface area contributed by atoms with E-state index in [1.54, 1.807) is 20.8 Å². The molecule has 0 aromatic carbocycles. The number of halogens is 1. The Hall–Kier alpha value is -1.37. The first-order valence-electron chi connectivity index (χ1n) is 8.13. The van der Waals surface area contributed by atoms with Crippen molar-refractivity contribution in [3.8, 4) is 6.07 Å². The molecule has 0 saturated carbocycles. The number of amides is 1. The Labute approximate surface area is 158 Å². The second-order valence-electron chi connectivity index (χ2n) is 7.92. The van der Waals surface area contributed by atoms with Gasteiger partial charge in [-0.15, -0.1) is 0 Å². The molecule has 0 fully saturated rings. The lowest BCUT2D eigenvalue weighted by Crippen LogP contribution is -2.32. The zero-order valence-corrected chi connectivity index (χ0v) is 18.4. The number of rotatable bonds is 7. The fourth-order valence-electron chi connectivity index (χ4n) is 1.80. The molecule has 1 rings (SSSR count). The third kappa shape index (κ3) is 8.03. The van der Waals surface area contributed by atoms with Crippen molar-refractivity contribution < 1.29 is 14.3 Å². The molecule has 25 heavy (non-hydrogen) atoms. The lowest BCUT2D eigenvalue weighted by atomic mass is 10.2. The first-order chi connectivity index (χ1) is 11.4. The van der Waals surface area contributed by atoms with Crippen LogP contribution in [0.4, 0.5) is 4.79 Å². The fraction of sp³-hybridized carbons (Fsp3) is 0.688. The predicted molar refractivity (Wildman–Crippen MR) is 102 cm³/mol. The third-order valence-corrected chi connectivity index (χ3v) is 5.61. The van der Waals surface area contributed by atoms with Gasteiger partial charge in [0.2, 0.25) is 0 Å². The van der Waals surface area contributed by atoms with Crippen LogP contribution >= 0.6 is 15.9 Å². The number of hydrogen-bond donors (Lipinski definition) is 1. The van der Waals surface area contributed by atoms with Gasteiger partial charge in [-0.25, -0.2) is 9.48 Å². The van der Waals surface area contributed by atoms with Gasteiger partial charge in [0.05, 0.1) is 16.7 Å². The van der Waals surface area contributed by atoms with Crippen LogP contribution in [0.15, 0.2) is 4.47 Å². The molecule has 1 N–H and O–H groups in total. The number of ether oxygens (including phenoxy) is 2. The van der Waals surface area contributed by atoms with Crippen LogP contribution in [0.3, 0.4) is 0 Å². The largest absolute Gasteiger partial charge is 0.444 e. The molecule has 0 saturated heterocycles. The normalized spacial score (nSPS) is 11.9. The highest BCUT2D eigenvalue weighted by atomic mass is 79.9. The van der Waals surface area contributed by atoms with Crippen LogP contribution in [0.25, 0.3) is 0 Å². The number of carbonyl (C=O) groups excluding carboxylic acids is 1. The second-order valence-corrected chi connectivity index (χ2v) is 14.3. The van der Waals surface area contributed by atoms with Gasteiger partial charge in [-0.05, 0) is 42.7 Å². The minimum atomic E-state index is -1.16. The minimum Gasteiger partial charge on any atom is -0.444 e. The van der Waals surface area contributed by atoms with Gasteiger partial charge in [0.1, 0.15) is 18.4 Å². The Balaban J connectivity index is 2.66. The van der Waals surface area contributed by atoms with E-state index in [1.807, 2.05) is 0 Å². The molecule has 9 heteroatoms. The summed E-state index contributed by atoms with van der Waals surface area (Å²) in [5.41, 5.74) is 0.355. The molecule has 1 aromatic rings. The summed E-state index contributed by atoms with van der Waals surface area (Å²) in [6.45, 7) is 13.2. The molecule has 0 unspecified atom stereocenters. The van der Waals surface area contributed by atoms with Crippen molar-refractivity contribution in [2.75, 3.05) is 6.61 Å². The van der Waals surface area contributed by atoms with Gasteiger partial charge in [0.25, 0.3) is 0 Å². The van der Waals surface area contributed by atoms with Crippen LogP contribution in [0.2, 0.25) is 25.7 Å². The van der Waals surface area contributed by atoms with E-state index in [2.05, 4.69) is 52.1 Å². The van der Waals surface area contributed by atoms with Crippen LogP contribution in [0.1, 0.15) is 32.2 Å². The summed E-state index contributed by atoms with van der Waals surface area (Å²) >= 11 is 3.37. The molecule has 1 amide bonds. The molecule has 7 nitrogen and oxygen atoms in total. The Morgan fingerprint density at radius 2 is 2.04 bits per heavy atom. The number of carbonyl (C=O) groups is 1. The molecule has 0 atom stereocenters. The van der Waals surface area contributed by atoms with E-state index in [-0.39, 0.29) is 13.3 Å². The first-order valence-corrected chi connectivity index (χ1v) is 12.6. The average Bonchev–Trinajstić information content (AvgIpc) is 2.74. The number of alkyl carbamates (subject to hydrolysis) is 1. The zero-order valence-electron chi connectivity index (χ0n) is 15.8. The van der Waals surface area contributed by atoms with E-state index in [0.717, 1.165) is 6.04 Å². The van der Waals surface area contributed by atoms with E-state index in [9.17, 15) is 10.1 Å². The molecular weight excluding hydrogens is 404 g/mol. The maximum Gasteiger partial charge on any atom is 0.407 e. The lowest BCUT2D eigenvalue weighted by molar-refractivity contribution is 0.0522. The van der Waals surface area contributed by atoms with Gasteiger partial charge < -0.3 is 14.8 Å². The average molecular weight is 431 g/mol. The summed E-state index contributed by atoms with van der Waals surface area (Å²) in [4.78, 5) is 11.7. The first kappa shape index (κ1) is 21.7. The van der Waals surface area contributed by atoms with Crippen LogP contribution in [0.5, 0.6) is 0 Å². The smallest absolute Gasteiger partial charge is 0.407 e. The van der Waals surface area contributed by atoms with Crippen LogP contribution in [-0.2, 0) is 22.7 Å². The summed E-state index contributed by atoms with van der Waals surface area (Å²) in [6, 6.07) is 3.15.